The zero-order valence-corrected chi connectivity index (χ0v) is 18.8. The molecule has 0 bridgehead atoms. The maximum atomic E-state index is 13.3. The van der Waals surface area contributed by atoms with Crippen LogP contribution in [0.2, 0.25) is 5.02 Å². The Labute approximate surface area is 197 Å². The van der Waals surface area contributed by atoms with Gasteiger partial charge in [0.25, 0.3) is 5.91 Å². The molecule has 2 aliphatic rings. The molecule has 5 rings (SSSR count). The van der Waals surface area contributed by atoms with Crippen LogP contribution < -0.4 is 5.32 Å². The number of carbonyl (C=O) groups is 1. The molecular weight excluding hydrogens is 440 g/mol. The summed E-state index contributed by atoms with van der Waals surface area (Å²) in [6.45, 7) is 1.74. The van der Waals surface area contributed by atoms with Crippen molar-refractivity contribution in [3.8, 4) is 11.3 Å². The standard InChI is InChI=1S/C25H25ClN4O3/c26-19-3-1-2-17(12-19)23(15-31)30-14-18-5-4-16(13-21(18)24(30)32)22-6-9-27-25(29-22)28-20-7-10-33-11-8-20/h1-6,9,12-13,20,23,31H,7-8,10-11,14-15H2,(H,27,28,29)/t23-/m0/s1. The highest BCUT2D eigenvalue weighted by atomic mass is 35.5. The van der Waals surface area contributed by atoms with Crippen molar-refractivity contribution in [1.29, 1.82) is 0 Å². The predicted octanol–water partition coefficient (Wildman–Crippen LogP) is 4.08. The number of rotatable bonds is 6. The lowest BCUT2D eigenvalue weighted by atomic mass is 10.0. The number of anilines is 1. The molecule has 0 unspecified atom stereocenters. The first-order chi connectivity index (χ1) is 16.1. The molecule has 8 heteroatoms. The van der Waals surface area contributed by atoms with Gasteiger partial charge in [-0.1, -0.05) is 35.9 Å². The average molecular weight is 465 g/mol. The number of nitrogens with zero attached hydrogens (tertiary/aromatic N) is 3. The number of ether oxygens (including phenoxy) is 1. The van der Waals surface area contributed by atoms with Crippen molar-refractivity contribution in [3.63, 3.8) is 0 Å². The molecule has 170 valence electrons. The highest BCUT2D eigenvalue weighted by Gasteiger charge is 2.33. The number of amides is 1. The number of fused-ring (bicyclic) bond motifs is 1. The van der Waals surface area contributed by atoms with Gasteiger partial charge in [-0.05, 0) is 48.2 Å². The number of halogens is 1. The number of aromatic nitrogens is 2. The van der Waals surface area contributed by atoms with Crippen LogP contribution in [0.3, 0.4) is 0 Å². The summed E-state index contributed by atoms with van der Waals surface area (Å²) in [6, 6.07) is 14.8. The molecule has 2 aromatic carbocycles. The predicted molar refractivity (Wildman–Crippen MR) is 126 cm³/mol. The molecule has 1 saturated heterocycles. The van der Waals surface area contributed by atoms with Gasteiger partial charge in [0, 0.05) is 48.1 Å². The fraction of sp³-hybridized carbons (Fsp3) is 0.320. The first kappa shape index (κ1) is 21.8. The third-order valence-corrected chi connectivity index (χ3v) is 6.47. The van der Waals surface area contributed by atoms with Crippen molar-refractivity contribution in [1.82, 2.24) is 14.9 Å². The topological polar surface area (TPSA) is 87.6 Å². The molecule has 33 heavy (non-hydrogen) atoms. The molecule has 1 atom stereocenters. The van der Waals surface area contributed by atoms with E-state index in [1.165, 1.54) is 0 Å². The molecule has 0 spiro atoms. The van der Waals surface area contributed by atoms with E-state index in [0.29, 0.717) is 29.1 Å². The van der Waals surface area contributed by atoms with Crippen molar-refractivity contribution < 1.29 is 14.6 Å². The SMILES string of the molecule is O=C1c2cc(-c3ccnc(NC4CCOCC4)n3)ccc2CN1[C@@H](CO)c1cccc(Cl)c1. The minimum atomic E-state index is -0.457. The maximum Gasteiger partial charge on any atom is 0.255 e. The normalized spacial score (nSPS) is 17.2. The van der Waals surface area contributed by atoms with E-state index in [-0.39, 0.29) is 12.5 Å². The monoisotopic (exact) mass is 464 g/mol. The van der Waals surface area contributed by atoms with Gasteiger partial charge in [-0.3, -0.25) is 4.79 Å². The molecule has 0 saturated carbocycles. The zero-order valence-electron chi connectivity index (χ0n) is 18.1. The molecule has 0 aliphatic carbocycles. The van der Waals surface area contributed by atoms with Gasteiger partial charge in [-0.25, -0.2) is 9.97 Å². The van der Waals surface area contributed by atoms with Crippen LogP contribution >= 0.6 is 11.6 Å². The van der Waals surface area contributed by atoms with E-state index < -0.39 is 6.04 Å². The number of aliphatic hydroxyl groups is 1. The van der Waals surface area contributed by atoms with Crippen molar-refractivity contribution in [2.75, 3.05) is 25.1 Å². The van der Waals surface area contributed by atoms with Gasteiger partial charge in [0.1, 0.15) is 0 Å². The summed E-state index contributed by atoms with van der Waals surface area (Å²) in [5.74, 6) is 0.467. The van der Waals surface area contributed by atoms with Crippen LogP contribution in [0.1, 0.15) is 40.4 Å². The van der Waals surface area contributed by atoms with Crippen LogP contribution in [0, 0.1) is 0 Å². The Morgan fingerprint density at radius 2 is 2.03 bits per heavy atom. The van der Waals surface area contributed by atoms with Crippen LogP contribution in [0.5, 0.6) is 0 Å². The lowest BCUT2D eigenvalue weighted by Crippen LogP contribution is -2.31. The van der Waals surface area contributed by atoms with Crippen LogP contribution in [-0.4, -0.2) is 51.7 Å². The highest BCUT2D eigenvalue weighted by molar-refractivity contribution is 6.30. The Morgan fingerprint density at radius 3 is 2.82 bits per heavy atom. The van der Waals surface area contributed by atoms with Gasteiger partial charge in [-0.2, -0.15) is 0 Å². The van der Waals surface area contributed by atoms with Gasteiger partial charge >= 0.3 is 0 Å². The quantitative estimate of drug-likeness (QED) is 0.571. The van der Waals surface area contributed by atoms with Crippen LogP contribution in [0.4, 0.5) is 5.95 Å². The molecular formula is C25H25ClN4O3. The summed E-state index contributed by atoms with van der Waals surface area (Å²) in [6.07, 6.45) is 3.58. The van der Waals surface area contributed by atoms with Crippen LogP contribution in [0.25, 0.3) is 11.3 Å². The number of benzene rings is 2. The maximum absolute atomic E-state index is 13.3. The highest BCUT2D eigenvalue weighted by Crippen LogP contribution is 2.34. The second-order valence-corrected chi connectivity index (χ2v) is 8.79. The minimum absolute atomic E-state index is 0.111. The summed E-state index contributed by atoms with van der Waals surface area (Å²) in [4.78, 5) is 24.0. The van der Waals surface area contributed by atoms with Crippen molar-refractivity contribution in [2.24, 2.45) is 0 Å². The molecule has 3 aromatic rings. The van der Waals surface area contributed by atoms with E-state index in [2.05, 4.69) is 15.3 Å². The molecule has 2 aliphatic heterocycles. The summed E-state index contributed by atoms with van der Waals surface area (Å²) in [5, 5.41) is 14.0. The van der Waals surface area contributed by atoms with Gasteiger partial charge in [0.05, 0.1) is 18.3 Å². The fourth-order valence-corrected chi connectivity index (χ4v) is 4.64. The number of carbonyl (C=O) groups excluding carboxylic acids is 1. The molecule has 1 amide bonds. The summed E-state index contributed by atoms with van der Waals surface area (Å²) in [7, 11) is 0. The molecule has 0 radical (unpaired) electrons. The summed E-state index contributed by atoms with van der Waals surface area (Å²) in [5.41, 5.74) is 3.97. The Kier molecular flexibility index (Phi) is 6.26. The molecule has 7 nitrogen and oxygen atoms in total. The number of hydrogen-bond acceptors (Lipinski definition) is 6. The second kappa shape index (κ2) is 9.47. The van der Waals surface area contributed by atoms with Crippen molar-refractivity contribution in [2.45, 2.75) is 31.5 Å². The van der Waals surface area contributed by atoms with E-state index in [1.54, 1.807) is 23.2 Å². The van der Waals surface area contributed by atoms with Gasteiger partial charge < -0.3 is 20.1 Å². The number of nitrogens with one attached hydrogen (secondary N) is 1. The fourth-order valence-electron chi connectivity index (χ4n) is 4.45. The minimum Gasteiger partial charge on any atom is -0.394 e. The van der Waals surface area contributed by atoms with Gasteiger partial charge in [0.15, 0.2) is 0 Å². The molecule has 2 N–H and O–H groups in total. The van der Waals surface area contributed by atoms with E-state index in [4.69, 9.17) is 16.3 Å². The van der Waals surface area contributed by atoms with Crippen LogP contribution in [-0.2, 0) is 11.3 Å². The van der Waals surface area contributed by atoms with E-state index in [0.717, 1.165) is 48.4 Å². The Hall–Kier alpha value is -3.00. The first-order valence-electron chi connectivity index (χ1n) is 11.1. The smallest absolute Gasteiger partial charge is 0.255 e. The molecule has 1 aromatic heterocycles. The van der Waals surface area contributed by atoms with Gasteiger partial charge in [-0.15, -0.1) is 0 Å². The lowest BCUT2D eigenvalue weighted by Gasteiger charge is -2.26. The summed E-state index contributed by atoms with van der Waals surface area (Å²) >= 11 is 6.13. The average Bonchev–Trinajstić information content (AvgIpc) is 3.16. The lowest BCUT2D eigenvalue weighted by molar-refractivity contribution is 0.0615. The third-order valence-electron chi connectivity index (χ3n) is 6.23. The first-order valence-corrected chi connectivity index (χ1v) is 11.5. The third kappa shape index (κ3) is 4.57. The number of aliphatic hydroxyl groups excluding tert-OH is 1. The van der Waals surface area contributed by atoms with E-state index >= 15 is 0 Å². The second-order valence-electron chi connectivity index (χ2n) is 8.35. The van der Waals surface area contributed by atoms with E-state index in [9.17, 15) is 9.90 Å². The van der Waals surface area contributed by atoms with Gasteiger partial charge in [0.2, 0.25) is 5.95 Å². The van der Waals surface area contributed by atoms with Crippen molar-refractivity contribution in [3.05, 3.63) is 76.4 Å². The van der Waals surface area contributed by atoms with Crippen LogP contribution in [0.15, 0.2) is 54.7 Å². The largest absolute Gasteiger partial charge is 0.394 e. The molecule has 1 fully saturated rings. The Bertz CT molecular complexity index is 1170. The Morgan fingerprint density at radius 1 is 1.18 bits per heavy atom. The Balaban J connectivity index is 1.38. The zero-order chi connectivity index (χ0) is 22.8. The molecule has 3 heterocycles. The van der Waals surface area contributed by atoms with E-state index in [1.807, 2.05) is 36.4 Å². The number of hydrogen-bond donors (Lipinski definition) is 2. The summed E-state index contributed by atoms with van der Waals surface area (Å²) < 4.78 is 5.41. The van der Waals surface area contributed by atoms with Crippen molar-refractivity contribution >= 4 is 23.5 Å².